The fourth-order valence-electron chi connectivity index (χ4n) is 2.97. The van der Waals surface area contributed by atoms with Crippen LogP contribution in [0.4, 0.5) is 5.69 Å². The monoisotopic (exact) mass is 335 g/mol. The minimum Gasteiger partial charge on any atom is -0.368 e. The molecule has 25 heavy (non-hydrogen) atoms. The first kappa shape index (κ1) is 16.9. The quantitative estimate of drug-likeness (QED) is 0.897. The topological polar surface area (TPSA) is 72.3 Å². The maximum atomic E-state index is 12.0. The van der Waals surface area contributed by atoms with E-state index in [1.165, 1.54) is 0 Å². The SMILES string of the molecule is N#Cc1ccccc1N1CCN(CCNC(=O)c2ccccn2)CC1. The Kier molecular flexibility index (Phi) is 5.60. The van der Waals surface area contributed by atoms with Crippen molar-refractivity contribution in [3.8, 4) is 6.07 Å². The second kappa shape index (κ2) is 8.27. The molecule has 1 N–H and O–H groups in total. The molecule has 6 nitrogen and oxygen atoms in total. The van der Waals surface area contributed by atoms with E-state index in [0.717, 1.165) is 44.0 Å². The van der Waals surface area contributed by atoms with Crippen LogP contribution in [0.1, 0.15) is 16.1 Å². The van der Waals surface area contributed by atoms with E-state index in [4.69, 9.17) is 0 Å². The van der Waals surface area contributed by atoms with E-state index in [0.29, 0.717) is 12.2 Å². The van der Waals surface area contributed by atoms with Crippen LogP contribution in [-0.4, -0.2) is 55.1 Å². The molecule has 0 atom stereocenters. The molecule has 1 fully saturated rings. The van der Waals surface area contributed by atoms with Crippen LogP contribution in [0.15, 0.2) is 48.7 Å². The van der Waals surface area contributed by atoms with Gasteiger partial charge in [-0.25, -0.2) is 0 Å². The summed E-state index contributed by atoms with van der Waals surface area (Å²) < 4.78 is 0. The first-order valence-corrected chi connectivity index (χ1v) is 8.43. The van der Waals surface area contributed by atoms with Gasteiger partial charge in [0, 0.05) is 45.5 Å². The van der Waals surface area contributed by atoms with Gasteiger partial charge in [-0.05, 0) is 24.3 Å². The second-order valence-electron chi connectivity index (χ2n) is 5.93. The number of hydrogen-bond donors (Lipinski definition) is 1. The molecule has 0 spiro atoms. The van der Waals surface area contributed by atoms with Gasteiger partial charge in [0.25, 0.3) is 5.91 Å². The number of amides is 1. The normalized spacial score (nSPS) is 14.8. The van der Waals surface area contributed by atoms with Gasteiger partial charge >= 0.3 is 0 Å². The molecule has 1 aromatic carbocycles. The van der Waals surface area contributed by atoms with Gasteiger partial charge in [0.15, 0.2) is 0 Å². The Bertz CT molecular complexity index is 748. The van der Waals surface area contributed by atoms with E-state index in [9.17, 15) is 10.1 Å². The number of carbonyl (C=O) groups excluding carboxylic acids is 1. The minimum absolute atomic E-state index is 0.137. The molecular weight excluding hydrogens is 314 g/mol. The molecule has 0 radical (unpaired) electrons. The summed E-state index contributed by atoms with van der Waals surface area (Å²) in [5.74, 6) is -0.137. The van der Waals surface area contributed by atoms with Crippen LogP contribution in [0.5, 0.6) is 0 Å². The number of pyridine rings is 1. The molecule has 2 heterocycles. The lowest BCUT2D eigenvalue weighted by atomic mass is 10.1. The van der Waals surface area contributed by atoms with E-state index in [2.05, 4.69) is 26.2 Å². The smallest absolute Gasteiger partial charge is 0.269 e. The maximum absolute atomic E-state index is 12.0. The Morgan fingerprint density at radius 2 is 1.88 bits per heavy atom. The van der Waals surface area contributed by atoms with Crippen molar-refractivity contribution >= 4 is 11.6 Å². The molecular formula is C19H21N5O. The summed E-state index contributed by atoms with van der Waals surface area (Å²) in [5, 5.41) is 12.1. The molecule has 3 rings (SSSR count). The van der Waals surface area contributed by atoms with Crippen molar-refractivity contribution in [1.29, 1.82) is 5.26 Å². The Hall–Kier alpha value is -2.91. The Labute approximate surface area is 147 Å². The number of aromatic nitrogens is 1. The molecule has 0 aliphatic carbocycles. The molecule has 6 heteroatoms. The van der Waals surface area contributed by atoms with Gasteiger partial charge in [-0.1, -0.05) is 18.2 Å². The van der Waals surface area contributed by atoms with Gasteiger partial charge in [-0.15, -0.1) is 0 Å². The summed E-state index contributed by atoms with van der Waals surface area (Å²) in [7, 11) is 0. The number of piperazine rings is 1. The van der Waals surface area contributed by atoms with Crippen molar-refractivity contribution in [3.05, 3.63) is 59.9 Å². The van der Waals surface area contributed by atoms with Crippen molar-refractivity contribution in [3.63, 3.8) is 0 Å². The summed E-state index contributed by atoms with van der Waals surface area (Å²) in [6.07, 6.45) is 1.62. The third-order valence-electron chi connectivity index (χ3n) is 4.35. The summed E-state index contributed by atoms with van der Waals surface area (Å²) in [4.78, 5) is 20.6. The Balaban J connectivity index is 1.44. The molecule has 0 unspecified atom stereocenters. The Morgan fingerprint density at radius 1 is 1.12 bits per heavy atom. The van der Waals surface area contributed by atoms with Crippen molar-refractivity contribution in [2.75, 3.05) is 44.2 Å². The van der Waals surface area contributed by atoms with E-state index >= 15 is 0 Å². The van der Waals surface area contributed by atoms with Gasteiger partial charge in [0.05, 0.1) is 11.3 Å². The van der Waals surface area contributed by atoms with Gasteiger partial charge in [-0.2, -0.15) is 5.26 Å². The minimum atomic E-state index is -0.137. The number of carbonyl (C=O) groups is 1. The van der Waals surface area contributed by atoms with E-state index in [1.807, 2.05) is 24.3 Å². The summed E-state index contributed by atoms with van der Waals surface area (Å²) in [6.45, 7) is 5.01. The van der Waals surface area contributed by atoms with Crippen LogP contribution in [0, 0.1) is 11.3 Å². The van der Waals surface area contributed by atoms with Gasteiger partial charge in [0.2, 0.25) is 0 Å². The molecule has 1 aliphatic rings. The van der Waals surface area contributed by atoms with E-state index in [-0.39, 0.29) is 5.91 Å². The third-order valence-corrected chi connectivity index (χ3v) is 4.35. The highest BCUT2D eigenvalue weighted by Gasteiger charge is 2.19. The van der Waals surface area contributed by atoms with Gasteiger partial charge in [-0.3, -0.25) is 14.7 Å². The highest BCUT2D eigenvalue weighted by atomic mass is 16.1. The first-order chi connectivity index (χ1) is 12.3. The number of nitrogens with zero attached hydrogens (tertiary/aromatic N) is 4. The van der Waals surface area contributed by atoms with Crippen molar-refractivity contribution < 1.29 is 4.79 Å². The second-order valence-corrected chi connectivity index (χ2v) is 5.93. The number of benzene rings is 1. The molecule has 128 valence electrons. The standard InChI is InChI=1S/C19H21N5O/c20-15-16-5-1-2-7-18(16)24-13-11-23(12-14-24)10-9-22-19(25)17-6-3-4-8-21-17/h1-8H,9-14H2,(H,22,25). The highest BCUT2D eigenvalue weighted by molar-refractivity contribution is 5.92. The fourth-order valence-corrected chi connectivity index (χ4v) is 2.97. The van der Waals surface area contributed by atoms with Gasteiger partial charge in [0.1, 0.15) is 11.8 Å². The molecule has 1 aromatic heterocycles. The van der Waals surface area contributed by atoms with E-state index < -0.39 is 0 Å². The molecule has 1 aliphatic heterocycles. The molecule has 1 amide bonds. The number of rotatable bonds is 5. The van der Waals surface area contributed by atoms with Crippen LogP contribution in [-0.2, 0) is 0 Å². The summed E-state index contributed by atoms with van der Waals surface area (Å²) >= 11 is 0. The number of anilines is 1. The zero-order valence-corrected chi connectivity index (χ0v) is 14.1. The molecule has 0 bridgehead atoms. The maximum Gasteiger partial charge on any atom is 0.269 e. The Morgan fingerprint density at radius 3 is 2.60 bits per heavy atom. The number of hydrogen-bond acceptors (Lipinski definition) is 5. The van der Waals surface area contributed by atoms with Crippen LogP contribution < -0.4 is 10.2 Å². The lowest BCUT2D eigenvalue weighted by Crippen LogP contribution is -2.48. The average Bonchev–Trinajstić information content (AvgIpc) is 2.69. The zero-order chi connectivity index (χ0) is 17.5. The van der Waals surface area contributed by atoms with Crippen LogP contribution in [0.2, 0.25) is 0 Å². The van der Waals surface area contributed by atoms with Crippen LogP contribution in [0.25, 0.3) is 0 Å². The summed E-state index contributed by atoms with van der Waals surface area (Å²) in [5.41, 5.74) is 2.17. The molecule has 1 saturated heterocycles. The highest BCUT2D eigenvalue weighted by Crippen LogP contribution is 2.20. The predicted molar refractivity (Wildman–Crippen MR) is 96.4 cm³/mol. The fraction of sp³-hybridized carbons (Fsp3) is 0.316. The predicted octanol–water partition coefficient (Wildman–Crippen LogP) is 1.51. The first-order valence-electron chi connectivity index (χ1n) is 8.43. The van der Waals surface area contributed by atoms with Crippen LogP contribution in [0.3, 0.4) is 0 Å². The number of para-hydroxylation sites is 1. The average molecular weight is 335 g/mol. The van der Waals surface area contributed by atoms with Crippen molar-refractivity contribution in [2.45, 2.75) is 0 Å². The number of nitriles is 1. The van der Waals surface area contributed by atoms with E-state index in [1.54, 1.807) is 24.4 Å². The lowest BCUT2D eigenvalue weighted by molar-refractivity contribution is 0.0943. The van der Waals surface area contributed by atoms with Crippen LogP contribution >= 0.6 is 0 Å². The lowest BCUT2D eigenvalue weighted by Gasteiger charge is -2.36. The van der Waals surface area contributed by atoms with Crippen molar-refractivity contribution in [2.24, 2.45) is 0 Å². The largest absolute Gasteiger partial charge is 0.368 e. The van der Waals surface area contributed by atoms with Gasteiger partial charge < -0.3 is 10.2 Å². The molecule has 2 aromatic rings. The van der Waals surface area contributed by atoms with Crippen molar-refractivity contribution in [1.82, 2.24) is 15.2 Å². The number of nitrogens with one attached hydrogen (secondary N) is 1. The zero-order valence-electron chi connectivity index (χ0n) is 14.1. The molecule has 0 saturated carbocycles. The summed E-state index contributed by atoms with van der Waals surface area (Å²) in [6, 6.07) is 15.3. The third kappa shape index (κ3) is 4.34.